The second-order valence-electron chi connectivity index (χ2n) is 11.5. The number of aromatic amines is 4. The van der Waals surface area contributed by atoms with Gasteiger partial charge in [-0.3, -0.25) is 9.59 Å². The van der Waals surface area contributed by atoms with E-state index in [9.17, 15) is 19.8 Å². The Kier molecular flexibility index (Phi) is 8.06. The number of H-pyrrole nitrogens is 4. The van der Waals surface area contributed by atoms with Crippen LogP contribution in [-0.2, 0) is 16.0 Å². The third-order valence-electron chi connectivity index (χ3n) is 8.73. The molecule has 1 atom stereocenters. The summed E-state index contributed by atoms with van der Waals surface area (Å²) in [4.78, 5) is 37.6. The lowest BCUT2D eigenvalue weighted by Gasteiger charge is -2.00. The van der Waals surface area contributed by atoms with Gasteiger partial charge in [-0.2, -0.15) is 24.4 Å². The molecule has 4 aromatic heterocycles. The molecular weight excluding hydrogens is 593 g/mol. The van der Waals surface area contributed by atoms with Crippen LogP contribution in [-0.4, -0.2) is 53.6 Å². The van der Waals surface area contributed by atoms with Crippen molar-refractivity contribution in [1.82, 2.24) is 19.9 Å². The summed E-state index contributed by atoms with van der Waals surface area (Å²) in [5, 5.41) is 25.1. The highest BCUT2D eigenvalue weighted by atomic mass is 32.2. The van der Waals surface area contributed by atoms with E-state index in [2.05, 4.69) is 70.7 Å². The number of nitrogens with one attached hydrogen (secondary N) is 4. The van der Waals surface area contributed by atoms with E-state index >= 15 is 0 Å². The lowest BCUT2D eigenvalue weighted by atomic mass is 10.0. The molecule has 1 fully saturated rings. The lowest BCUT2D eigenvalue weighted by molar-refractivity contribution is -0.137. The Morgan fingerprint density at radius 3 is 1.93 bits per heavy atom. The van der Waals surface area contributed by atoms with Gasteiger partial charge in [0.1, 0.15) is 0 Å². The first-order valence-electron chi connectivity index (χ1n) is 14.7. The molecule has 1 saturated heterocycles. The fourth-order valence-corrected chi connectivity index (χ4v) is 7.16. The van der Waals surface area contributed by atoms with Crippen LogP contribution in [0.25, 0.3) is 36.5 Å². The Labute approximate surface area is 263 Å². The molecule has 0 unspecified atom stereocenters. The number of rotatable bonds is 7. The molecule has 228 valence electrons. The van der Waals surface area contributed by atoms with Crippen LogP contribution in [0.3, 0.4) is 0 Å². The standard InChI is InChI=1S/C34H36N4O4S2/c1-16-20(5-7-32(39)40)28-14-29-21(6-8-33(41)42)17(2)24(36-29)12-27-22(9-10-43)18(3)25(37-27)13-30-34(31-15-44-31)19(4)26(38-30)11-23(16)35-28/h6,9,11-14,31,35-38,43H,5,7-8,10,15H2,1-4H3,(H,39,40)(H,41,42)/b21-6+,22-9+,26-11-,27-12-,29-14-,30-13-/t31-/m0/s1. The molecule has 0 aromatic carbocycles. The summed E-state index contributed by atoms with van der Waals surface area (Å²) in [6.07, 6.45) is 12.4. The molecule has 6 N–H and O–H groups in total. The fraction of sp³-hybridized carbons (Fsp3) is 0.294. The monoisotopic (exact) mass is 628 g/mol. The molecule has 44 heavy (non-hydrogen) atoms. The molecule has 10 heteroatoms. The number of thiol groups is 1. The van der Waals surface area contributed by atoms with Crippen LogP contribution in [0.4, 0.5) is 0 Å². The van der Waals surface area contributed by atoms with Crippen LogP contribution in [0.5, 0.6) is 0 Å². The van der Waals surface area contributed by atoms with Crippen molar-refractivity contribution in [2.75, 3.05) is 11.5 Å². The van der Waals surface area contributed by atoms with E-state index in [0.29, 0.717) is 17.4 Å². The summed E-state index contributed by atoms with van der Waals surface area (Å²) in [5.41, 5.74) is 10.1. The number of aliphatic carboxylic acids is 2. The first-order valence-corrected chi connectivity index (χ1v) is 16.3. The SMILES string of the molecule is Cc1c2[nH]c(c1CCC(=O)O)/C=c1\[nH]c(c(C)\c1=C/CC(=O)O)/C=c1\[nH]c(c(C)\c1=C/CS)/C=c1\[nH]/c(c(C)c1[C@@H]1CS1)=C\2. The third-order valence-corrected chi connectivity index (χ3v) is 9.81. The average molecular weight is 629 g/mol. The van der Waals surface area contributed by atoms with Crippen molar-refractivity contribution in [3.63, 3.8) is 0 Å². The van der Waals surface area contributed by atoms with Gasteiger partial charge in [0.25, 0.3) is 0 Å². The van der Waals surface area contributed by atoms with Gasteiger partial charge in [-0.15, -0.1) is 0 Å². The van der Waals surface area contributed by atoms with Crippen molar-refractivity contribution in [2.24, 2.45) is 0 Å². The van der Waals surface area contributed by atoms with Gasteiger partial charge < -0.3 is 30.1 Å². The molecule has 8 nitrogen and oxygen atoms in total. The first-order chi connectivity index (χ1) is 21.0. The van der Waals surface area contributed by atoms with E-state index in [1.807, 2.05) is 31.7 Å². The van der Waals surface area contributed by atoms with Gasteiger partial charge in [-0.05, 0) is 102 Å². The van der Waals surface area contributed by atoms with E-state index in [-0.39, 0.29) is 12.8 Å². The summed E-state index contributed by atoms with van der Waals surface area (Å²) < 4.78 is 0. The quantitative estimate of drug-likeness (QED) is 0.109. The maximum atomic E-state index is 11.6. The van der Waals surface area contributed by atoms with Crippen LogP contribution in [0.1, 0.15) is 74.2 Å². The van der Waals surface area contributed by atoms with Gasteiger partial charge >= 0.3 is 11.9 Å². The van der Waals surface area contributed by atoms with Crippen molar-refractivity contribution in [1.29, 1.82) is 0 Å². The number of aromatic nitrogens is 4. The second kappa shape index (κ2) is 11.8. The molecule has 0 amide bonds. The molecular formula is C34H36N4O4S2. The summed E-state index contributed by atoms with van der Waals surface area (Å²) >= 11 is 6.44. The minimum Gasteiger partial charge on any atom is -0.481 e. The largest absolute Gasteiger partial charge is 0.481 e. The maximum absolute atomic E-state index is 11.6. The van der Waals surface area contributed by atoms with Crippen LogP contribution in [0, 0.1) is 27.7 Å². The molecule has 6 rings (SSSR count). The van der Waals surface area contributed by atoms with E-state index in [1.54, 1.807) is 6.08 Å². The predicted octanol–water partition coefficient (Wildman–Crippen LogP) is 1.63. The van der Waals surface area contributed by atoms with E-state index in [1.165, 1.54) is 11.1 Å². The minimum atomic E-state index is -0.912. The molecule has 2 aliphatic rings. The normalized spacial score (nSPS) is 19.3. The van der Waals surface area contributed by atoms with Gasteiger partial charge in [0.05, 0.1) is 6.42 Å². The van der Waals surface area contributed by atoms with Crippen LogP contribution < -0.4 is 31.8 Å². The zero-order valence-electron chi connectivity index (χ0n) is 25.1. The predicted molar refractivity (Wildman–Crippen MR) is 180 cm³/mol. The Bertz CT molecular complexity index is 2210. The van der Waals surface area contributed by atoms with Crippen LogP contribution in [0.15, 0.2) is 0 Å². The number of hydrogen-bond acceptors (Lipinski definition) is 4. The maximum Gasteiger partial charge on any atom is 0.307 e. The summed E-state index contributed by atoms with van der Waals surface area (Å²) in [6, 6.07) is 0. The second-order valence-corrected chi connectivity index (χ2v) is 13.1. The summed E-state index contributed by atoms with van der Waals surface area (Å²) in [5.74, 6) is -0.0944. The Hall–Kier alpha value is -4.02. The average Bonchev–Trinajstić information content (AvgIpc) is 3.53. The number of carboxylic acid groups (broad SMARTS) is 2. The van der Waals surface area contributed by atoms with Gasteiger partial charge in [0.2, 0.25) is 0 Å². The van der Waals surface area contributed by atoms with Gasteiger partial charge in [0.15, 0.2) is 0 Å². The third kappa shape index (κ3) is 5.64. The van der Waals surface area contributed by atoms with Crippen molar-refractivity contribution >= 4 is 72.8 Å². The zero-order valence-corrected chi connectivity index (χ0v) is 26.9. The minimum absolute atomic E-state index is 0.00213. The van der Waals surface area contributed by atoms with Crippen molar-refractivity contribution < 1.29 is 19.8 Å². The number of fused-ring (bicyclic) bond motifs is 8. The molecule has 0 saturated carbocycles. The topological polar surface area (TPSA) is 138 Å². The highest BCUT2D eigenvalue weighted by Gasteiger charge is 2.29. The molecule has 0 radical (unpaired) electrons. The van der Waals surface area contributed by atoms with Gasteiger partial charge in [0, 0.05) is 67.3 Å². The summed E-state index contributed by atoms with van der Waals surface area (Å²) in [7, 11) is 0. The van der Waals surface area contributed by atoms with Gasteiger partial charge in [-0.1, -0.05) is 12.2 Å². The van der Waals surface area contributed by atoms with E-state index < -0.39 is 11.9 Å². The number of carboxylic acids is 2. The van der Waals surface area contributed by atoms with E-state index in [4.69, 9.17) is 0 Å². The molecule has 6 heterocycles. The molecule has 4 aromatic rings. The Morgan fingerprint density at radius 2 is 1.34 bits per heavy atom. The van der Waals surface area contributed by atoms with Crippen molar-refractivity contribution in [3.05, 3.63) is 88.0 Å². The molecule has 8 bridgehead atoms. The summed E-state index contributed by atoms with van der Waals surface area (Å²) in [6.45, 7) is 8.28. The molecule has 0 spiro atoms. The lowest BCUT2D eigenvalue weighted by Crippen LogP contribution is -2.25. The number of hydrogen-bond donors (Lipinski definition) is 7. The van der Waals surface area contributed by atoms with Crippen molar-refractivity contribution in [2.45, 2.75) is 52.2 Å². The van der Waals surface area contributed by atoms with Crippen LogP contribution in [0.2, 0.25) is 0 Å². The zero-order chi connectivity index (χ0) is 31.3. The fourth-order valence-electron chi connectivity index (χ4n) is 6.25. The smallest absolute Gasteiger partial charge is 0.307 e. The number of thioether (sulfide) groups is 1. The number of carbonyl (C=O) groups is 2. The first kappa shape index (κ1) is 30.0. The highest BCUT2D eigenvalue weighted by Crippen LogP contribution is 2.45. The Morgan fingerprint density at radius 1 is 0.773 bits per heavy atom. The van der Waals surface area contributed by atoms with E-state index in [0.717, 1.165) is 82.6 Å². The Balaban J connectivity index is 1.76. The van der Waals surface area contributed by atoms with Crippen LogP contribution >= 0.6 is 24.4 Å². The van der Waals surface area contributed by atoms with Gasteiger partial charge in [-0.25, -0.2) is 0 Å². The highest BCUT2D eigenvalue weighted by molar-refractivity contribution is 8.06. The molecule has 0 aliphatic carbocycles. The van der Waals surface area contributed by atoms with Crippen molar-refractivity contribution in [3.8, 4) is 0 Å². The molecule has 2 aliphatic heterocycles.